The monoisotopic (exact) mass is 230 g/mol. The molecule has 17 heavy (non-hydrogen) atoms. The van der Waals surface area contributed by atoms with E-state index in [1.165, 1.54) is 11.1 Å². The molecule has 3 nitrogen and oxygen atoms in total. The first kappa shape index (κ1) is 11.7. The van der Waals surface area contributed by atoms with Crippen LogP contribution in [0.1, 0.15) is 30.9 Å². The first-order chi connectivity index (χ1) is 8.13. The summed E-state index contributed by atoms with van der Waals surface area (Å²) in [4.78, 5) is 7.45. The summed E-state index contributed by atoms with van der Waals surface area (Å²) in [5, 5.41) is 0. The lowest BCUT2D eigenvalue weighted by Gasteiger charge is -2.15. The van der Waals surface area contributed by atoms with Gasteiger partial charge in [-0.1, -0.05) is 13.8 Å². The third-order valence-corrected chi connectivity index (χ3v) is 2.95. The number of benzene rings is 1. The number of aryl methyl sites for hydroxylation is 1. The van der Waals surface area contributed by atoms with Crippen LogP contribution in [0.25, 0.3) is 11.4 Å². The molecule has 0 fully saturated rings. The fourth-order valence-electron chi connectivity index (χ4n) is 1.99. The van der Waals surface area contributed by atoms with Crippen LogP contribution < -0.4 is 4.74 Å². The molecule has 2 aromatic rings. The van der Waals surface area contributed by atoms with Crippen LogP contribution in [0.2, 0.25) is 0 Å². The van der Waals surface area contributed by atoms with Crippen molar-refractivity contribution in [2.24, 2.45) is 0 Å². The zero-order valence-electron chi connectivity index (χ0n) is 10.7. The van der Waals surface area contributed by atoms with E-state index in [0.717, 1.165) is 17.1 Å². The number of ether oxygens (including phenoxy) is 1. The Labute approximate surface area is 102 Å². The summed E-state index contributed by atoms with van der Waals surface area (Å²) in [5.74, 6) is 2.29. The van der Waals surface area contributed by atoms with E-state index in [2.05, 4.69) is 42.9 Å². The summed E-state index contributed by atoms with van der Waals surface area (Å²) >= 11 is 0. The molecule has 0 radical (unpaired) electrons. The van der Waals surface area contributed by atoms with Gasteiger partial charge in [0.05, 0.1) is 7.11 Å². The molecule has 90 valence electrons. The minimum atomic E-state index is 0.430. The second-order valence-corrected chi connectivity index (χ2v) is 4.50. The second kappa shape index (κ2) is 4.62. The van der Waals surface area contributed by atoms with Gasteiger partial charge in [-0.05, 0) is 36.1 Å². The van der Waals surface area contributed by atoms with Crippen molar-refractivity contribution < 1.29 is 4.74 Å². The second-order valence-electron chi connectivity index (χ2n) is 4.50. The highest BCUT2D eigenvalue weighted by Crippen LogP contribution is 2.32. The predicted octanol–water partition coefficient (Wildman–Crippen LogP) is 3.52. The topological polar surface area (TPSA) is 37.9 Å². The van der Waals surface area contributed by atoms with Crippen molar-refractivity contribution in [2.45, 2.75) is 26.7 Å². The van der Waals surface area contributed by atoms with E-state index in [4.69, 9.17) is 4.74 Å². The van der Waals surface area contributed by atoms with Crippen molar-refractivity contribution in [1.29, 1.82) is 0 Å². The quantitative estimate of drug-likeness (QED) is 0.876. The predicted molar refractivity (Wildman–Crippen MR) is 69.4 cm³/mol. The van der Waals surface area contributed by atoms with Crippen LogP contribution in [-0.2, 0) is 0 Å². The summed E-state index contributed by atoms with van der Waals surface area (Å²) in [6.07, 6.45) is 3.61. The lowest BCUT2D eigenvalue weighted by atomic mass is 9.96. The van der Waals surface area contributed by atoms with Gasteiger partial charge in [-0.25, -0.2) is 4.98 Å². The van der Waals surface area contributed by atoms with Gasteiger partial charge in [0.25, 0.3) is 0 Å². The lowest BCUT2D eigenvalue weighted by Crippen LogP contribution is -1.97. The van der Waals surface area contributed by atoms with Gasteiger partial charge in [-0.2, -0.15) is 0 Å². The molecule has 3 heteroatoms. The Morgan fingerprint density at radius 2 is 2.06 bits per heavy atom. The zero-order chi connectivity index (χ0) is 12.4. The molecule has 1 heterocycles. The van der Waals surface area contributed by atoms with Crippen molar-refractivity contribution in [3.8, 4) is 17.1 Å². The summed E-state index contributed by atoms with van der Waals surface area (Å²) in [7, 11) is 1.72. The Morgan fingerprint density at radius 3 is 2.59 bits per heavy atom. The molecule has 0 amide bonds. The molecule has 2 rings (SSSR count). The van der Waals surface area contributed by atoms with E-state index in [1.807, 2.05) is 6.20 Å². The maximum Gasteiger partial charge on any atom is 0.137 e. The number of H-pyrrole nitrogens is 1. The third kappa shape index (κ3) is 2.18. The van der Waals surface area contributed by atoms with Gasteiger partial charge in [-0.15, -0.1) is 0 Å². The van der Waals surface area contributed by atoms with Crippen LogP contribution in [0.3, 0.4) is 0 Å². The number of nitrogens with zero attached hydrogens (tertiary/aromatic N) is 1. The van der Waals surface area contributed by atoms with E-state index >= 15 is 0 Å². The summed E-state index contributed by atoms with van der Waals surface area (Å²) in [5.41, 5.74) is 3.52. The van der Waals surface area contributed by atoms with Gasteiger partial charge in [-0.3, -0.25) is 0 Å². The van der Waals surface area contributed by atoms with Gasteiger partial charge in [0.1, 0.15) is 11.6 Å². The van der Waals surface area contributed by atoms with Gasteiger partial charge in [0, 0.05) is 18.0 Å². The maximum absolute atomic E-state index is 5.43. The van der Waals surface area contributed by atoms with E-state index in [9.17, 15) is 0 Å². The van der Waals surface area contributed by atoms with Gasteiger partial charge < -0.3 is 9.72 Å². The first-order valence-corrected chi connectivity index (χ1v) is 5.81. The van der Waals surface area contributed by atoms with Crippen LogP contribution in [0.5, 0.6) is 5.75 Å². The Bertz CT molecular complexity index is 501. The van der Waals surface area contributed by atoms with Crippen molar-refractivity contribution in [1.82, 2.24) is 9.97 Å². The molecule has 0 aliphatic carbocycles. The summed E-state index contributed by atoms with van der Waals surface area (Å²) < 4.78 is 5.43. The fourth-order valence-corrected chi connectivity index (χ4v) is 1.99. The Morgan fingerprint density at radius 1 is 1.29 bits per heavy atom. The highest BCUT2D eigenvalue weighted by molar-refractivity contribution is 5.64. The van der Waals surface area contributed by atoms with Gasteiger partial charge >= 0.3 is 0 Å². The van der Waals surface area contributed by atoms with Crippen LogP contribution in [0.4, 0.5) is 0 Å². The fraction of sp³-hybridized carbons (Fsp3) is 0.357. The van der Waals surface area contributed by atoms with E-state index < -0.39 is 0 Å². The molecule has 0 aliphatic heterocycles. The van der Waals surface area contributed by atoms with Crippen LogP contribution in [0.15, 0.2) is 24.5 Å². The molecule has 1 aromatic carbocycles. The Kier molecular flexibility index (Phi) is 3.18. The number of aromatic amines is 1. The Hall–Kier alpha value is -1.77. The number of nitrogens with one attached hydrogen (secondary N) is 1. The van der Waals surface area contributed by atoms with E-state index in [0.29, 0.717) is 5.92 Å². The first-order valence-electron chi connectivity index (χ1n) is 5.81. The summed E-state index contributed by atoms with van der Waals surface area (Å²) in [6, 6.07) is 4.24. The van der Waals surface area contributed by atoms with Crippen LogP contribution in [0, 0.1) is 6.92 Å². The van der Waals surface area contributed by atoms with Crippen molar-refractivity contribution in [2.75, 3.05) is 7.11 Å². The average molecular weight is 230 g/mol. The maximum atomic E-state index is 5.43. The molecule has 0 unspecified atom stereocenters. The van der Waals surface area contributed by atoms with Crippen molar-refractivity contribution >= 4 is 0 Å². The number of imidazole rings is 1. The molecule has 1 N–H and O–H groups in total. The molecule has 0 bridgehead atoms. The SMILES string of the molecule is COc1cc(C)c(-c2ncc[nH]2)cc1C(C)C. The highest BCUT2D eigenvalue weighted by atomic mass is 16.5. The van der Waals surface area contributed by atoms with Crippen LogP contribution >= 0.6 is 0 Å². The smallest absolute Gasteiger partial charge is 0.137 e. The molecular formula is C14H18N2O. The molecule has 0 atom stereocenters. The standard InChI is InChI=1S/C14H18N2O/c1-9(2)11-8-12(14-15-5-6-16-14)10(3)7-13(11)17-4/h5-9H,1-4H3,(H,15,16). The molecule has 1 aromatic heterocycles. The van der Waals surface area contributed by atoms with Crippen molar-refractivity contribution in [3.63, 3.8) is 0 Å². The number of rotatable bonds is 3. The minimum absolute atomic E-state index is 0.430. The lowest BCUT2D eigenvalue weighted by molar-refractivity contribution is 0.407. The molecule has 0 saturated carbocycles. The largest absolute Gasteiger partial charge is 0.496 e. The zero-order valence-corrected chi connectivity index (χ0v) is 10.7. The average Bonchev–Trinajstić information content (AvgIpc) is 2.81. The van der Waals surface area contributed by atoms with Gasteiger partial charge in [0.2, 0.25) is 0 Å². The van der Waals surface area contributed by atoms with Gasteiger partial charge in [0.15, 0.2) is 0 Å². The number of hydrogen-bond donors (Lipinski definition) is 1. The third-order valence-electron chi connectivity index (χ3n) is 2.95. The number of aromatic nitrogens is 2. The summed E-state index contributed by atoms with van der Waals surface area (Å²) in [6.45, 7) is 6.41. The molecule has 0 aliphatic rings. The minimum Gasteiger partial charge on any atom is -0.496 e. The normalized spacial score (nSPS) is 10.9. The molecule has 0 saturated heterocycles. The molecule has 0 spiro atoms. The van der Waals surface area contributed by atoms with E-state index in [1.54, 1.807) is 13.3 Å². The number of methoxy groups -OCH3 is 1. The van der Waals surface area contributed by atoms with Crippen molar-refractivity contribution in [3.05, 3.63) is 35.7 Å². The Balaban J connectivity index is 2.58. The number of hydrogen-bond acceptors (Lipinski definition) is 2. The van der Waals surface area contributed by atoms with E-state index in [-0.39, 0.29) is 0 Å². The highest BCUT2D eigenvalue weighted by Gasteiger charge is 2.13. The van der Waals surface area contributed by atoms with Crippen LogP contribution in [-0.4, -0.2) is 17.1 Å². The molecular weight excluding hydrogens is 212 g/mol.